The van der Waals surface area contributed by atoms with Crippen molar-refractivity contribution in [1.82, 2.24) is 0 Å². The lowest BCUT2D eigenvalue weighted by Gasteiger charge is -2.25. The summed E-state index contributed by atoms with van der Waals surface area (Å²) >= 11 is 0. The van der Waals surface area contributed by atoms with Gasteiger partial charge in [-0.25, -0.2) is 18.6 Å². The Morgan fingerprint density at radius 1 is 0.500 bits per heavy atom. The molecule has 0 saturated heterocycles. The van der Waals surface area contributed by atoms with Crippen molar-refractivity contribution in [2.75, 3.05) is 38.0 Å². The van der Waals surface area contributed by atoms with Gasteiger partial charge in [-0.15, -0.1) is 10.2 Å². The Hall–Kier alpha value is -4.10. The molecule has 0 saturated carbocycles. The Morgan fingerprint density at radius 2 is 0.845 bits per heavy atom. The van der Waals surface area contributed by atoms with E-state index in [0.29, 0.717) is 0 Å². The van der Waals surface area contributed by atoms with Crippen molar-refractivity contribution in [2.45, 2.75) is 77.0 Å². The molecule has 0 radical (unpaired) electrons. The zero-order valence-electron chi connectivity index (χ0n) is 35.7. The number of para-hydroxylation sites is 4. The van der Waals surface area contributed by atoms with Crippen LogP contribution in [-0.2, 0) is 21.7 Å². The van der Waals surface area contributed by atoms with E-state index >= 15 is 0 Å². The number of benzene rings is 4. The van der Waals surface area contributed by atoms with Crippen molar-refractivity contribution >= 4 is 34.2 Å². The van der Waals surface area contributed by atoms with Crippen LogP contribution >= 0.6 is 0 Å². The minimum atomic E-state index is -4.94. The van der Waals surface area contributed by atoms with Gasteiger partial charge in [0.05, 0.1) is 10.8 Å². The predicted molar refractivity (Wildman–Crippen MR) is 222 cm³/mol. The molecule has 0 fully saturated rings. The van der Waals surface area contributed by atoms with E-state index in [0.717, 1.165) is 0 Å². The summed E-state index contributed by atoms with van der Waals surface area (Å²) in [4.78, 5) is 4.68. The van der Waals surface area contributed by atoms with Crippen molar-refractivity contribution < 1.29 is 62.0 Å². The monoisotopic (exact) mass is 914 g/mol. The first-order valence-corrected chi connectivity index (χ1v) is 20.6. The van der Waals surface area contributed by atoms with E-state index < -0.39 is 10.2 Å². The zero-order valence-corrected chi connectivity index (χ0v) is 38.6. The number of likely N-dealkylation sites (N-methyl/N-ethyl adjacent to an activating group) is 2. The van der Waals surface area contributed by atoms with Gasteiger partial charge < -0.3 is 33.8 Å². The van der Waals surface area contributed by atoms with Gasteiger partial charge >= 0.3 is 0 Å². The maximum Gasteiger partial charge on any atom is 0.209 e. The highest BCUT2D eigenvalue weighted by molar-refractivity contribution is 6.04. The Kier molecular flexibility index (Phi) is 12.5. The van der Waals surface area contributed by atoms with Gasteiger partial charge in [-0.05, 0) is 57.0 Å². The minimum Gasteiger partial charge on any atom is -1.00 e. The van der Waals surface area contributed by atoms with Gasteiger partial charge in [0.1, 0.15) is 14.1 Å². The number of hydrogen-bond acceptors (Lipinski definition) is 6. The smallest absolute Gasteiger partial charge is 0.209 e. The van der Waals surface area contributed by atoms with Crippen LogP contribution in [0.25, 0.3) is 0 Å². The van der Waals surface area contributed by atoms with E-state index in [9.17, 15) is 0 Å². The third-order valence-electron chi connectivity index (χ3n) is 12.5. The average molecular weight is 915 g/mol. The molecule has 8 nitrogen and oxygen atoms in total. The first kappa shape index (κ1) is 45.0. The van der Waals surface area contributed by atoms with E-state index in [1.54, 1.807) is 0 Å². The molecule has 0 atom stereocenters. The van der Waals surface area contributed by atoms with Gasteiger partial charge in [0.15, 0.2) is 11.4 Å². The lowest BCUT2D eigenvalue weighted by Crippen LogP contribution is -3.00. The van der Waals surface area contributed by atoms with Crippen LogP contribution in [0.2, 0.25) is 0 Å². The van der Waals surface area contributed by atoms with Gasteiger partial charge in [-0.2, -0.15) is 9.15 Å². The molecule has 8 rings (SSSR count). The van der Waals surface area contributed by atoms with Crippen molar-refractivity contribution in [3.8, 4) is 0 Å². The summed E-state index contributed by atoms with van der Waals surface area (Å²) in [6.07, 6.45) is 9.19. The molecular formula is C48H56ClIN4O4. The fraction of sp³-hybridized carbons (Fsp3) is 0.333. The van der Waals surface area contributed by atoms with Crippen molar-refractivity contribution in [2.24, 2.45) is 0 Å². The fourth-order valence-corrected chi connectivity index (χ4v) is 9.48. The van der Waals surface area contributed by atoms with Gasteiger partial charge in [0, 0.05) is 83.1 Å². The van der Waals surface area contributed by atoms with Crippen LogP contribution in [0.1, 0.15) is 77.6 Å². The second-order valence-corrected chi connectivity index (χ2v) is 18.1. The molecule has 4 aromatic carbocycles. The number of hydrogen-bond donors (Lipinski definition) is 0. The maximum absolute atomic E-state index is 8.49. The largest absolute Gasteiger partial charge is 1.00 e. The van der Waals surface area contributed by atoms with Crippen LogP contribution in [0.3, 0.4) is 0 Å². The summed E-state index contributed by atoms with van der Waals surface area (Å²) < 4.78 is 38.7. The van der Waals surface area contributed by atoms with E-state index in [1.807, 2.05) is 0 Å². The summed E-state index contributed by atoms with van der Waals surface area (Å²) in [5, 5.41) is 0. The molecule has 4 heterocycles. The Bertz CT molecular complexity index is 2380. The second kappa shape index (κ2) is 16.2. The molecule has 0 bridgehead atoms. The third kappa shape index (κ3) is 7.97. The topological polar surface area (TPSA) is 105 Å². The maximum atomic E-state index is 8.49. The number of allylic oxidation sites excluding steroid dienone is 6. The number of anilines is 2. The molecule has 306 valence electrons. The zero-order chi connectivity index (χ0) is 41.9. The molecule has 4 aliphatic heterocycles. The van der Waals surface area contributed by atoms with E-state index in [4.69, 9.17) is 18.6 Å². The lowest BCUT2D eigenvalue weighted by atomic mass is 9.78. The van der Waals surface area contributed by atoms with Crippen molar-refractivity contribution in [3.05, 3.63) is 155 Å². The standard InChI is InChI=1S/C25H29N2.C23H27N2.ClHO4.HI/c1-24(2)18-12-7-9-14-20(18)26(5)22(24)16-11-17-23-25(3,4)19-13-8-10-15-21(19)27(23)6;1-22(2)16-11-7-9-13-18(16)24(5)20(22)15-21-23(3,4)17-12-8-10-14-19(17)25(21)6;2-1(3,4)5;/h7-17H,1-6H3;7-15H,1-6H3;(H,2,3,4,5);1H/q2*+1;;/p-2. The van der Waals surface area contributed by atoms with Gasteiger partial charge in [-0.3, -0.25) is 0 Å². The molecule has 4 aromatic rings. The molecule has 10 heteroatoms. The summed E-state index contributed by atoms with van der Waals surface area (Å²) in [6, 6.07) is 34.9. The normalized spacial score (nSPS) is 20.3. The fourth-order valence-electron chi connectivity index (χ4n) is 9.48. The Labute approximate surface area is 364 Å². The highest BCUT2D eigenvalue weighted by Gasteiger charge is 2.46. The third-order valence-corrected chi connectivity index (χ3v) is 12.5. The van der Waals surface area contributed by atoms with Gasteiger partial charge in [0.25, 0.3) is 0 Å². The quantitative estimate of drug-likeness (QED) is 0.232. The number of fused-ring (bicyclic) bond motifs is 4. The molecular weight excluding hydrogens is 859 g/mol. The highest BCUT2D eigenvalue weighted by Crippen LogP contribution is 2.49. The van der Waals surface area contributed by atoms with Crippen LogP contribution in [0.5, 0.6) is 0 Å². The minimum absolute atomic E-state index is 0. The average Bonchev–Trinajstić information content (AvgIpc) is 3.65. The van der Waals surface area contributed by atoms with Crippen LogP contribution in [-0.4, -0.2) is 48.8 Å². The molecule has 0 unspecified atom stereocenters. The molecule has 58 heavy (non-hydrogen) atoms. The molecule has 0 spiro atoms. The van der Waals surface area contributed by atoms with Crippen LogP contribution in [0.4, 0.5) is 22.7 Å². The first-order chi connectivity index (χ1) is 26.5. The molecule has 0 amide bonds. The van der Waals surface area contributed by atoms with E-state index in [1.165, 1.54) is 67.8 Å². The summed E-state index contributed by atoms with van der Waals surface area (Å²) in [6.45, 7) is 18.6. The van der Waals surface area contributed by atoms with Crippen LogP contribution in [0.15, 0.2) is 133 Å². The second-order valence-electron chi connectivity index (χ2n) is 17.4. The van der Waals surface area contributed by atoms with Gasteiger partial charge in [0.2, 0.25) is 11.4 Å². The van der Waals surface area contributed by atoms with Crippen molar-refractivity contribution in [3.63, 3.8) is 0 Å². The summed E-state index contributed by atoms with van der Waals surface area (Å²) in [7, 11) is 3.77. The number of halogens is 2. The Morgan fingerprint density at radius 3 is 1.28 bits per heavy atom. The molecule has 0 aromatic heterocycles. The van der Waals surface area contributed by atoms with E-state index in [2.05, 4.69) is 224 Å². The first-order valence-electron chi connectivity index (χ1n) is 19.3. The van der Waals surface area contributed by atoms with Crippen LogP contribution in [0, 0.1) is 10.2 Å². The Balaban J connectivity index is 0.000000195. The molecule has 0 N–H and O–H groups in total. The van der Waals surface area contributed by atoms with Crippen LogP contribution < -0.4 is 52.4 Å². The van der Waals surface area contributed by atoms with Gasteiger partial charge in [-0.1, -0.05) is 107 Å². The summed E-state index contributed by atoms with van der Waals surface area (Å²) in [5.74, 6) is 0. The van der Waals surface area contributed by atoms with Crippen molar-refractivity contribution in [1.29, 1.82) is 0 Å². The predicted octanol–water partition coefficient (Wildman–Crippen LogP) is 2.81. The SMILES string of the molecule is CN1C(=CC2=[N+](C)c3ccccc3C2(C)C)C(C)(C)c2ccccc21.CN1C(=CC=CC2=[N+](C)c3ccccc3C2(C)C)C(C)(C)c2ccccc21.[I-].[O-][Cl+3]([O-])([O-])[O-]. The lowest BCUT2D eigenvalue weighted by molar-refractivity contribution is -2.00. The molecule has 4 aliphatic rings. The number of rotatable bonds is 3. The summed E-state index contributed by atoms with van der Waals surface area (Å²) in [5.41, 5.74) is 16.2. The highest BCUT2D eigenvalue weighted by atomic mass is 127. The van der Waals surface area contributed by atoms with E-state index in [-0.39, 0.29) is 45.6 Å². The molecule has 0 aliphatic carbocycles. The number of nitrogens with zero attached hydrogens (tertiary/aromatic N) is 4.